The van der Waals surface area contributed by atoms with Crippen LogP contribution in [0.1, 0.15) is 31.7 Å². The molecular weight excluding hydrogens is 298 g/mol. The van der Waals surface area contributed by atoms with Crippen molar-refractivity contribution in [1.82, 2.24) is 0 Å². The van der Waals surface area contributed by atoms with Gasteiger partial charge in [-0.2, -0.15) is 5.26 Å². The number of ether oxygens (including phenoxy) is 2. The van der Waals surface area contributed by atoms with E-state index in [1.807, 2.05) is 13.0 Å². The van der Waals surface area contributed by atoms with Crippen molar-refractivity contribution >= 4 is 11.4 Å². The van der Waals surface area contributed by atoms with Gasteiger partial charge in [-0.25, -0.2) is 0 Å². The lowest BCUT2D eigenvalue weighted by molar-refractivity contribution is -0.384. The quantitative estimate of drug-likeness (QED) is 0.662. The number of non-ortho nitro benzene ring substituents is 1. The second kappa shape index (κ2) is 6.14. The summed E-state index contributed by atoms with van der Waals surface area (Å²) >= 11 is 0. The molecule has 7 heteroatoms. The summed E-state index contributed by atoms with van der Waals surface area (Å²) in [5, 5.41) is 23.4. The lowest BCUT2D eigenvalue weighted by Crippen LogP contribution is -2.66. The number of benzene rings is 1. The maximum absolute atomic E-state index is 10.8. The Balaban J connectivity index is 1.80. The van der Waals surface area contributed by atoms with E-state index in [9.17, 15) is 15.4 Å². The molecule has 2 aliphatic rings. The molecule has 1 heterocycles. The molecule has 0 radical (unpaired) electrons. The van der Waals surface area contributed by atoms with E-state index in [0.717, 1.165) is 19.3 Å². The van der Waals surface area contributed by atoms with Gasteiger partial charge in [0.15, 0.2) is 0 Å². The first-order valence-corrected chi connectivity index (χ1v) is 7.81. The van der Waals surface area contributed by atoms with Crippen molar-refractivity contribution < 1.29 is 14.4 Å². The van der Waals surface area contributed by atoms with Gasteiger partial charge in [-0.15, -0.1) is 0 Å². The third kappa shape index (κ3) is 2.64. The molecule has 7 nitrogen and oxygen atoms in total. The number of nitro groups is 1. The molecular formula is C16H19N3O4. The molecule has 1 spiro atoms. The van der Waals surface area contributed by atoms with Crippen LogP contribution in [0.3, 0.4) is 0 Å². The summed E-state index contributed by atoms with van der Waals surface area (Å²) in [5.74, 6) is 0. The third-order valence-electron chi connectivity index (χ3n) is 4.70. The summed E-state index contributed by atoms with van der Waals surface area (Å²) in [6, 6.07) is 6.36. The van der Waals surface area contributed by atoms with Crippen molar-refractivity contribution in [2.75, 3.05) is 18.5 Å². The highest BCUT2D eigenvalue weighted by Gasteiger charge is 2.58. The highest BCUT2D eigenvalue weighted by atomic mass is 16.6. The normalized spacial score (nSPS) is 29.0. The van der Waals surface area contributed by atoms with Crippen LogP contribution >= 0.6 is 0 Å². The molecule has 1 aliphatic carbocycles. The van der Waals surface area contributed by atoms with Crippen molar-refractivity contribution in [2.45, 2.75) is 43.9 Å². The average molecular weight is 317 g/mol. The first-order chi connectivity index (χ1) is 11.1. The minimum Gasteiger partial charge on any atom is -0.378 e. The Bertz CT molecular complexity index is 649. The van der Waals surface area contributed by atoms with Gasteiger partial charge in [0.1, 0.15) is 11.7 Å². The van der Waals surface area contributed by atoms with Crippen LogP contribution in [-0.2, 0) is 9.47 Å². The number of nitrogens with zero attached hydrogens (tertiary/aromatic N) is 2. The Kier molecular flexibility index (Phi) is 4.20. The number of nitriles is 1. The van der Waals surface area contributed by atoms with Crippen molar-refractivity contribution in [3.63, 3.8) is 0 Å². The van der Waals surface area contributed by atoms with E-state index < -0.39 is 4.92 Å². The number of hydrogen-bond donors (Lipinski definition) is 1. The molecule has 23 heavy (non-hydrogen) atoms. The van der Waals surface area contributed by atoms with Crippen LogP contribution in [-0.4, -0.2) is 35.9 Å². The predicted octanol–water partition coefficient (Wildman–Crippen LogP) is 2.60. The topological polar surface area (TPSA) is 97.4 Å². The molecule has 1 aromatic rings. The molecule has 1 aliphatic heterocycles. The maximum atomic E-state index is 10.8. The van der Waals surface area contributed by atoms with Crippen LogP contribution in [0.4, 0.5) is 11.4 Å². The van der Waals surface area contributed by atoms with Crippen molar-refractivity contribution in [3.05, 3.63) is 33.9 Å². The molecule has 0 amide bonds. The lowest BCUT2D eigenvalue weighted by atomic mass is 9.69. The SMILES string of the molecule is CCO[C@@H]1C[C@H](Nc2ccc([N+](=O)[O-])cc2C#N)[C@@]12CCCO2. The van der Waals surface area contributed by atoms with E-state index in [4.69, 9.17) is 9.47 Å². The first kappa shape index (κ1) is 15.7. The first-order valence-electron chi connectivity index (χ1n) is 7.81. The summed E-state index contributed by atoms with van der Waals surface area (Å²) in [5.41, 5.74) is 0.449. The molecule has 122 valence electrons. The Labute approximate surface area is 134 Å². The molecule has 3 rings (SSSR count). The minimum absolute atomic E-state index is 0.0510. The van der Waals surface area contributed by atoms with Gasteiger partial charge in [-0.3, -0.25) is 10.1 Å². The van der Waals surface area contributed by atoms with Gasteiger partial charge in [0.05, 0.1) is 28.3 Å². The Hall–Kier alpha value is -2.17. The van der Waals surface area contributed by atoms with Gasteiger partial charge in [0.25, 0.3) is 5.69 Å². The van der Waals surface area contributed by atoms with E-state index in [1.54, 1.807) is 6.07 Å². The van der Waals surface area contributed by atoms with E-state index in [1.165, 1.54) is 12.1 Å². The van der Waals surface area contributed by atoms with Crippen LogP contribution in [0, 0.1) is 21.4 Å². The zero-order valence-electron chi connectivity index (χ0n) is 12.9. The second-order valence-electron chi connectivity index (χ2n) is 5.88. The van der Waals surface area contributed by atoms with E-state index in [2.05, 4.69) is 5.32 Å². The summed E-state index contributed by atoms with van der Waals surface area (Å²) in [6.07, 6.45) is 2.78. The van der Waals surface area contributed by atoms with Gasteiger partial charge in [0.2, 0.25) is 0 Å². The molecule has 1 N–H and O–H groups in total. The van der Waals surface area contributed by atoms with Crippen LogP contribution in [0.2, 0.25) is 0 Å². The minimum atomic E-state index is -0.499. The summed E-state index contributed by atoms with van der Waals surface area (Å²) < 4.78 is 11.8. The van der Waals surface area contributed by atoms with Crippen LogP contribution in [0.5, 0.6) is 0 Å². The Morgan fingerprint density at radius 3 is 3.04 bits per heavy atom. The highest BCUT2D eigenvalue weighted by Crippen LogP contribution is 2.47. The molecule has 1 aromatic carbocycles. The van der Waals surface area contributed by atoms with E-state index >= 15 is 0 Å². The molecule has 0 unspecified atom stereocenters. The maximum Gasteiger partial charge on any atom is 0.270 e. The fraction of sp³-hybridized carbons (Fsp3) is 0.562. The van der Waals surface area contributed by atoms with Gasteiger partial charge >= 0.3 is 0 Å². The summed E-state index contributed by atoms with van der Waals surface area (Å²) in [6.45, 7) is 3.32. The molecule has 1 saturated heterocycles. The lowest BCUT2D eigenvalue weighted by Gasteiger charge is -2.53. The van der Waals surface area contributed by atoms with Crippen molar-refractivity contribution in [2.24, 2.45) is 0 Å². The van der Waals surface area contributed by atoms with Gasteiger partial charge < -0.3 is 14.8 Å². The molecule has 3 atom stereocenters. The summed E-state index contributed by atoms with van der Waals surface area (Å²) in [4.78, 5) is 10.3. The monoisotopic (exact) mass is 317 g/mol. The van der Waals surface area contributed by atoms with Crippen molar-refractivity contribution in [3.8, 4) is 6.07 Å². The van der Waals surface area contributed by atoms with Crippen molar-refractivity contribution in [1.29, 1.82) is 5.26 Å². The third-order valence-corrected chi connectivity index (χ3v) is 4.70. The molecule has 1 saturated carbocycles. The van der Waals surface area contributed by atoms with Gasteiger partial charge in [-0.1, -0.05) is 0 Å². The second-order valence-corrected chi connectivity index (χ2v) is 5.88. The number of nitro benzene ring substituents is 1. The fourth-order valence-corrected chi connectivity index (χ4v) is 3.53. The summed E-state index contributed by atoms with van der Waals surface area (Å²) in [7, 11) is 0. The predicted molar refractivity (Wildman–Crippen MR) is 83.2 cm³/mol. The van der Waals surface area contributed by atoms with E-state index in [0.29, 0.717) is 18.9 Å². The molecule has 0 aromatic heterocycles. The molecule has 2 fully saturated rings. The number of nitrogens with one attached hydrogen (secondary N) is 1. The van der Waals surface area contributed by atoms with Crippen LogP contribution < -0.4 is 5.32 Å². The van der Waals surface area contributed by atoms with Gasteiger partial charge in [-0.05, 0) is 32.3 Å². The highest BCUT2D eigenvalue weighted by molar-refractivity contribution is 5.62. The zero-order valence-corrected chi connectivity index (χ0v) is 12.9. The number of anilines is 1. The van der Waals surface area contributed by atoms with E-state index in [-0.39, 0.29) is 29.0 Å². The van der Waals surface area contributed by atoms with Gasteiger partial charge in [0, 0.05) is 25.3 Å². The zero-order chi connectivity index (χ0) is 16.4. The number of rotatable bonds is 5. The largest absolute Gasteiger partial charge is 0.378 e. The number of hydrogen-bond acceptors (Lipinski definition) is 6. The fourth-order valence-electron chi connectivity index (χ4n) is 3.53. The standard InChI is InChI=1S/C16H19N3O4/c1-2-22-15-9-14(16(15)6-3-7-23-16)18-13-5-4-12(19(20)21)8-11(13)10-17/h4-5,8,14-15,18H,2-3,6-7,9H2,1H3/t14-,15+,16-/m0/s1. The van der Waals surface area contributed by atoms with Crippen LogP contribution in [0.25, 0.3) is 0 Å². The van der Waals surface area contributed by atoms with Crippen LogP contribution in [0.15, 0.2) is 18.2 Å². The Morgan fingerprint density at radius 1 is 1.61 bits per heavy atom. The Morgan fingerprint density at radius 2 is 2.43 bits per heavy atom. The smallest absolute Gasteiger partial charge is 0.270 e. The molecule has 0 bridgehead atoms. The average Bonchev–Trinajstić information content (AvgIpc) is 3.06.